The number of hydrogen-bond acceptors (Lipinski definition) is 6. The van der Waals surface area contributed by atoms with Gasteiger partial charge in [0.15, 0.2) is 5.78 Å². The summed E-state index contributed by atoms with van der Waals surface area (Å²) in [6, 6.07) is 0. The smallest absolute Gasteiger partial charge is 0.333 e. The molecule has 0 aliphatic heterocycles. The van der Waals surface area contributed by atoms with Gasteiger partial charge in [-0.15, -0.1) is 0 Å². The van der Waals surface area contributed by atoms with Gasteiger partial charge in [0.2, 0.25) is 0 Å². The van der Waals surface area contributed by atoms with Crippen LogP contribution < -0.4 is 0 Å². The molecule has 0 spiro atoms. The number of carbonyl (C=O) groups is 4. The van der Waals surface area contributed by atoms with Crippen LogP contribution in [0.5, 0.6) is 0 Å². The van der Waals surface area contributed by atoms with Gasteiger partial charge in [-0.1, -0.05) is 13.2 Å². The Bertz CT molecular complexity index is 505. The molecular formula is C16H22O7. The third-order valence-corrected chi connectivity index (χ3v) is 2.71. The first kappa shape index (κ1) is 20.6. The first-order valence-corrected chi connectivity index (χ1v) is 7.06. The van der Waals surface area contributed by atoms with Gasteiger partial charge in [-0.25, -0.2) is 4.79 Å². The standard InChI is InChI=1S/C16H22O7/c1-10(2)13(17)8-12(9-22-16(21)11(3)4)23-15(20)7-5-6-14(18)19/h12H,1,3,5-9H2,2,4H3,(H,18,19). The second kappa shape index (κ2) is 10.3. The van der Waals surface area contributed by atoms with Crippen LogP contribution in [0.25, 0.3) is 0 Å². The fourth-order valence-corrected chi connectivity index (χ4v) is 1.44. The molecule has 0 radical (unpaired) electrons. The maximum Gasteiger partial charge on any atom is 0.333 e. The minimum Gasteiger partial charge on any atom is -0.481 e. The summed E-state index contributed by atoms with van der Waals surface area (Å²) in [5.74, 6) is -2.64. The number of carboxylic acids is 1. The summed E-state index contributed by atoms with van der Waals surface area (Å²) in [5.41, 5.74) is 0.478. The Balaban J connectivity index is 4.57. The molecule has 7 nitrogen and oxygen atoms in total. The van der Waals surface area contributed by atoms with Gasteiger partial charge in [0, 0.05) is 18.4 Å². The summed E-state index contributed by atoms with van der Waals surface area (Å²) in [6.07, 6.45) is -1.24. The lowest BCUT2D eigenvalue weighted by Crippen LogP contribution is -2.28. The zero-order valence-electron chi connectivity index (χ0n) is 13.4. The Morgan fingerprint density at radius 2 is 1.65 bits per heavy atom. The highest BCUT2D eigenvalue weighted by atomic mass is 16.6. The summed E-state index contributed by atoms with van der Waals surface area (Å²) < 4.78 is 9.98. The summed E-state index contributed by atoms with van der Waals surface area (Å²) in [5, 5.41) is 8.51. The molecule has 0 saturated carbocycles. The van der Waals surface area contributed by atoms with E-state index in [0.29, 0.717) is 5.57 Å². The van der Waals surface area contributed by atoms with Crippen LogP contribution in [0.4, 0.5) is 0 Å². The first-order chi connectivity index (χ1) is 10.6. The summed E-state index contributed by atoms with van der Waals surface area (Å²) >= 11 is 0. The molecule has 0 aromatic carbocycles. The molecule has 128 valence electrons. The fourth-order valence-electron chi connectivity index (χ4n) is 1.44. The van der Waals surface area contributed by atoms with Gasteiger partial charge in [0.1, 0.15) is 12.7 Å². The predicted molar refractivity (Wildman–Crippen MR) is 81.6 cm³/mol. The van der Waals surface area contributed by atoms with Crippen molar-refractivity contribution in [3.63, 3.8) is 0 Å². The monoisotopic (exact) mass is 326 g/mol. The number of carbonyl (C=O) groups excluding carboxylic acids is 3. The highest BCUT2D eigenvalue weighted by molar-refractivity contribution is 5.94. The molecule has 0 saturated heterocycles. The van der Waals surface area contributed by atoms with E-state index in [1.54, 1.807) is 0 Å². The molecule has 0 rings (SSSR count). The Labute approximate surface area is 135 Å². The highest BCUT2D eigenvalue weighted by Gasteiger charge is 2.21. The number of hydrogen-bond donors (Lipinski definition) is 1. The summed E-state index contributed by atoms with van der Waals surface area (Å²) in [7, 11) is 0. The van der Waals surface area contributed by atoms with Crippen LogP contribution in [0.3, 0.4) is 0 Å². The van der Waals surface area contributed by atoms with Gasteiger partial charge in [-0.2, -0.15) is 0 Å². The van der Waals surface area contributed by atoms with Crippen molar-refractivity contribution in [3.05, 3.63) is 24.3 Å². The van der Waals surface area contributed by atoms with Crippen molar-refractivity contribution in [2.75, 3.05) is 6.61 Å². The molecule has 1 unspecified atom stereocenters. The van der Waals surface area contributed by atoms with Crippen LogP contribution >= 0.6 is 0 Å². The number of Topliss-reactive ketones (excluding diaryl/α,β-unsaturated/α-hetero) is 1. The molecule has 0 amide bonds. The molecule has 1 N–H and O–H groups in total. The molecule has 0 aliphatic carbocycles. The number of carboxylic acid groups (broad SMARTS) is 1. The van der Waals surface area contributed by atoms with Crippen molar-refractivity contribution in [3.8, 4) is 0 Å². The number of esters is 2. The van der Waals surface area contributed by atoms with Crippen LogP contribution in [0.2, 0.25) is 0 Å². The molecule has 1 atom stereocenters. The molecule has 23 heavy (non-hydrogen) atoms. The largest absolute Gasteiger partial charge is 0.481 e. The van der Waals surface area contributed by atoms with Gasteiger partial charge >= 0.3 is 17.9 Å². The average molecular weight is 326 g/mol. The van der Waals surface area contributed by atoms with Crippen molar-refractivity contribution in [2.45, 2.75) is 45.6 Å². The van der Waals surface area contributed by atoms with Gasteiger partial charge in [0.25, 0.3) is 0 Å². The molecular weight excluding hydrogens is 304 g/mol. The van der Waals surface area contributed by atoms with E-state index in [1.807, 2.05) is 0 Å². The molecule has 0 heterocycles. The van der Waals surface area contributed by atoms with Crippen LogP contribution in [-0.2, 0) is 28.7 Å². The van der Waals surface area contributed by atoms with Crippen molar-refractivity contribution in [1.29, 1.82) is 0 Å². The van der Waals surface area contributed by atoms with Gasteiger partial charge in [0.05, 0.1) is 6.42 Å². The van der Waals surface area contributed by atoms with Crippen molar-refractivity contribution >= 4 is 23.7 Å². The molecule has 0 aliphatic rings. The highest BCUT2D eigenvalue weighted by Crippen LogP contribution is 2.09. The van der Waals surface area contributed by atoms with Gasteiger partial charge in [-0.3, -0.25) is 14.4 Å². The fraction of sp³-hybridized carbons (Fsp3) is 0.500. The van der Waals surface area contributed by atoms with E-state index in [1.165, 1.54) is 13.8 Å². The summed E-state index contributed by atoms with van der Waals surface area (Å²) in [6.45, 7) is 9.63. The zero-order chi connectivity index (χ0) is 18.0. The van der Waals surface area contributed by atoms with Crippen molar-refractivity contribution in [1.82, 2.24) is 0 Å². The lowest BCUT2D eigenvalue weighted by atomic mass is 10.1. The Morgan fingerprint density at radius 1 is 1.04 bits per heavy atom. The summed E-state index contributed by atoms with van der Waals surface area (Å²) in [4.78, 5) is 45.1. The number of allylic oxidation sites excluding steroid dienone is 1. The normalized spacial score (nSPS) is 11.2. The second-order valence-electron chi connectivity index (χ2n) is 5.15. The van der Waals surface area contributed by atoms with E-state index >= 15 is 0 Å². The second-order valence-corrected chi connectivity index (χ2v) is 5.15. The minimum absolute atomic E-state index is 0.0987. The van der Waals surface area contributed by atoms with E-state index < -0.39 is 24.0 Å². The third kappa shape index (κ3) is 10.00. The van der Waals surface area contributed by atoms with E-state index in [-0.39, 0.29) is 43.6 Å². The average Bonchev–Trinajstić information content (AvgIpc) is 2.43. The van der Waals surface area contributed by atoms with Crippen LogP contribution in [-0.4, -0.2) is 41.5 Å². The van der Waals surface area contributed by atoms with E-state index in [2.05, 4.69) is 13.2 Å². The van der Waals surface area contributed by atoms with Crippen molar-refractivity contribution in [2.24, 2.45) is 0 Å². The molecule has 0 fully saturated rings. The van der Waals surface area contributed by atoms with Gasteiger partial charge in [-0.05, 0) is 25.8 Å². The Kier molecular flexibility index (Phi) is 9.22. The zero-order valence-corrected chi connectivity index (χ0v) is 13.4. The van der Waals surface area contributed by atoms with E-state index in [0.717, 1.165) is 0 Å². The van der Waals surface area contributed by atoms with E-state index in [9.17, 15) is 19.2 Å². The van der Waals surface area contributed by atoms with E-state index in [4.69, 9.17) is 14.6 Å². The third-order valence-electron chi connectivity index (χ3n) is 2.71. The molecule has 0 aromatic heterocycles. The maximum absolute atomic E-state index is 11.7. The quantitative estimate of drug-likeness (QED) is 0.456. The Hall–Kier alpha value is -2.44. The van der Waals surface area contributed by atoms with Crippen LogP contribution in [0, 0.1) is 0 Å². The van der Waals surface area contributed by atoms with Crippen LogP contribution in [0.15, 0.2) is 24.3 Å². The predicted octanol–water partition coefficient (Wildman–Crippen LogP) is 1.81. The number of aliphatic carboxylic acids is 1. The van der Waals surface area contributed by atoms with Crippen LogP contribution in [0.1, 0.15) is 39.5 Å². The molecule has 7 heteroatoms. The lowest BCUT2D eigenvalue weighted by Gasteiger charge is -2.17. The first-order valence-electron chi connectivity index (χ1n) is 7.06. The number of rotatable bonds is 11. The van der Waals surface area contributed by atoms with Gasteiger partial charge < -0.3 is 14.6 Å². The lowest BCUT2D eigenvalue weighted by molar-refractivity contribution is -0.158. The minimum atomic E-state index is -1.01. The SMILES string of the molecule is C=C(C)C(=O)CC(COC(=O)C(=C)C)OC(=O)CCCC(=O)O. The molecule has 0 aromatic rings. The maximum atomic E-state index is 11.7. The Morgan fingerprint density at radius 3 is 2.13 bits per heavy atom. The number of ether oxygens (including phenoxy) is 2. The van der Waals surface area contributed by atoms with Crippen molar-refractivity contribution < 1.29 is 33.8 Å². The molecule has 0 bridgehead atoms. The topological polar surface area (TPSA) is 107 Å². The number of ketones is 1.